The number of nitrogens with one attached hydrogen (secondary N) is 5. The highest BCUT2D eigenvalue weighted by molar-refractivity contribution is 7.17. The van der Waals surface area contributed by atoms with Crippen LogP contribution in [-0.2, 0) is 30.7 Å². The molecule has 0 fully saturated rings. The minimum absolute atomic E-state index is 0.0213. The summed E-state index contributed by atoms with van der Waals surface area (Å²) in [6.45, 7) is 57.7. The van der Waals surface area contributed by atoms with Gasteiger partial charge in [0, 0.05) is 130 Å². The molecule has 17 heteroatoms. The summed E-state index contributed by atoms with van der Waals surface area (Å²) in [4.78, 5) is 90.2. The Bertz CT molecular complexity index is 3570. The molecule has 0 atom stereocenters. The third-order valence-electron chi connectivity index (χ3n) is 15.1. The Balaban J connectivity index is 0.000000619. The van der Waals surface area contributed by atoms with Crippen molar-refractivity contribution < 1.29 is 38.3 Å². The molecular formula is C89H133N7O8S2. The fraction of sp³-hybridized carbons (Fsp3) is 0.517. The second kappa shape index (κ2) is 50.7. The van der Waals surface area contributed by atoms with Crippen LogP contribution < -0.4 is 31.3 Å². The van der Waals surface area contributed by atoms with Crippen molar-refractivity contribution >= 4 is 79.5 Å². The lowest BCUT2D eigenvalue weighted by atomic mass is 9.99. The highest BCUT2D eigenvalue weighted by Gasteiger charge is 2.18. The van der Waals surface area contributed by atoms with Crippen LogP contribution in [0, 0.1) is 47.3 Å². The second-order valence-corrected chi connectivity index (χ2v) is 32.9. The lowest BCUT2D eigenvalue weighted by Gasteiger charge is -2.11. The first-order valence-corrected chi connectivity index (χ1v) is 39.8. The monoisotopic (exact) mass is 1490 g/mol. The zero-order chi connectivity index (χ0) is 80.7. The Labute approximate surface area is 647 Å². The lowest BCUT2D eigenvalue weighted by Crippen LogP contribution is -2.22. The first kappa shape index (κ1) is 96.2. The van der Waals surface area contributed by atoms with Crippen LogP contribution in [0.15, 0.2) is 133 Å². The van der Waals surface area contributed by atoms with E-state index in [1.54, 1.807) is 6.20 Å². The number of nitrogens with zero attached hydrogens (tertiary/aromatic N) is 2. The smallest absolute Gasteiger partial charge is 0.193 e. The van der Waals surface area contributed by atoms with E-state index in [0.717, 1.165) is 75.1 Å². The predicted octanol–water partition coefficient (Wildman–Crippen LogP) is 22.0. The highest BCUT2D eigenvalue weighted by atomic mass is 32.1. The molecule has 2 aromatic heterocycles. The number of benzene rings is 5. The first-order chi connectivity index (χ1) is 49.5. The molecule has 0 bridgehead atoms. The van der Waals surface area contributed by atoms with E-state index >= 15 is 0 Å². The van der Waals surface area contributed by atoms with E-state index in [-0.39, 0.29) is 82.2 Å². The van der Waals surface area contributed by atoms with E-state index in [4.69, 9.17) is 4.74 Å². The molecule has 5 N–H and O–H groups in total. The molecule has 7 aromatic rings. The molecule has 5 aromatic carbocycles. The summed E-state index contributed by atoms with van der Waals surface area (Å²) in [5.74, 6) is 3.11. The van der Waals surface area contributed by atoms with Gasteiger partial charge < -0.3 is 31.3 Å². The Morgan fingerprint density at radius 2 is 0.811 bits per heavy atom. The van der Waals surface area contributed by atoms with E-state index < -0.39 is 0 Å². The van der Waals surface area contributed by atoms with Gasteiger partial charge in [-0.2, -0.15) is 0 Å². The van der Waals surface area contributed by atoms with E-state index in [0.29, 0.717) is 58.3 Å². The molecule has 0 unspecified atom stereocenters. The highest BCUT2D eigenvalue weighted by Crippen LogP contribution is 2.24. The zero-order valence-corrected chi connectivity index (χ0v) is 71.2. The van der Waals surface area contributed by atoms with Gasteiger partial charge in [-0.25, -0.2) is 9.97 Å². The largest absolute Gasteiger partial charge is 0.491 e. The van der Waals surface area contributed by atoms with Crippen LogP contribution in [-0.4, -0.2) is 86.8 Å². The molecule has 0 radical (unpaired) electrons. The van der Waals surface area contributed by atoms with E-state index in [1.165, 1.54) is 33.8 Å². The van der Waals surface area contributed by atoms with Crippen LogP contribution in [0.3, 0.4) is 0 Å². The third-order valence-corrected chi connectivity index (χ3v) is 16.9. The molecule has 0 spiro atoms. The van der Waals surface area contributed by atoms with Gasteiger partial charge in [-0.3, -0.25) is 33.6 Å². The predicted molar refractivity (Wildman–Crippen MR) is 450 cm³/mol. The fourth-order valence-electron chi connectivity index (χ4n) is 9.31. The maximum atomic E-state index is 11.8. The van der Waals surface area contributed by atoms with Crippen molar-refractivity contribution in [2.75, 3.05) is 16.0 Å². The topological polar surface area (TPSA) is 215 Å². The van der Waals surface area contributed by atoms with Gasteiger partial charge in [0.2, 0.25) is 0 Å². The number of thiazole rings is 2. The Morgan fingerprint density at radius 1 is 0.387 bits per heavy atom. The van der Waals surface area contributed by atoms with E-state index in [2.05, 4.69) is 120 Å². The number of hydrogen-bond acceptors (Lipinski definition) is 17. The van der Waals surface area contributed by atoms with Gasteiger partial charge >= 0.3 is 0 Å². The Hall–Kier alpha value is -7.83. The Kier molecular flexibility index (Phi) is 46.0. The molecule has 2 heterocycles. The molecule has 0 aliphatic heterocycles. The molecule has 15 nitrogen and oxygen atoms in total. The van der Waals surface area contributed by atoms with Crippen molar-refractivity contribution in [1.82, 2.24) is 20.6 Å². The zero-order valence-electron chi connectivity index (χ0n) is 69.6. The molecule has 0 aliphatic rings. The van der Waals surface area contributed by atoms with Crippen molar-refractivity contribution in [3.63, 3.8) is 0 Å². The molecule has 7 rings (SSSR count). The summed E-state index contributed by atoms with van der Waals surface area (Å²) in [6.07, 6.45) is 3.36. The molecule has 106 heavy (non-hydrogen) atoms. The second-order valence-electron chi connectivity index (χ2n) is 31.0. The van der Waals surface area contributed by atoms with Gasteiger partial charge in [-0.1, -0.05) is 229 Å². The summed E-state index contributed by atoms with van der Waals surface area (Å²) in [5, 5.41) is 20.7. The maximum absolute atomic E-state index is 11.8. The van der Waals surface area contributed by atoms with E-state index in [1.807, 2.05) is 237 Å². The summed E-state index contributed by atoms with van der Waals surface area (Å²) >= 11 is 2.89. The number of Topliss-reactive ketones (excluding diaryl/α,β-unsaturated/α-hetero) is 7. The summed E-state index contributed by atoms with van der Waals surface area (Å²) in [7, 11) is 0. The molecule has 0 saturated carbocycles. The maximum Gasteiger partial charge on any atom is 0.193 e. The van der Waals surface area contributed by atoms with Crippen LogP contribution in [0.4, 0.5) is 16.4 Å². The normalized spacial score (nSPS) is 11.0. The van der Waals surface area contributed by atoms with Gasteiger partial charge in [0.15, 0.2) is 44.7 Å². The third kappa shape index (κ3) is 40.8. The standard InChI is InChI=1S/3C14H21NO.C13H19NO.C13H18O2.C11H17NOS.C10H16N2OS/c1-10(2)14(16)13-7-5-12(6-8-13)9-15-11(3)4;1-10(2)14(16)9-12-5-7-13(8-6-12)15-11(3)4;1-10(2)14(16)13-7-5-6-12(8-13)9-15-11(3)4;1-9(2)13(15)11-6-5-7-12(8-11)14-10(3)4;1-9(2)13(14)11-6-5-7-12(8-11)15-10(3)4;1-7(2)5-9-6-14-11(12-9)10(13)8(3)4;1-6(2)9(13)10-11-5-8(14-10)12-7(3)4/h3*5-8,10-11,15H,9H2,1-4H3;5-10,14H,1-4H3;5-10H,1-4H3;6-8H,5H2,1-4H3;5-7,12H,1-4H3. The minimum Gasteiger partial charge on any atom is -0.491 e. The number of ketones is 7. The Morgan fingerprint density at radius 3 is 1.26 bits per heavy atom. The van der Waals surface area contributed by atoms with E-state index in [9.17, 15) is 33.6 Å². The number of ether oxygens (including phenoxy) is 1. The molecule has 0 saturated heterocycles. The average Bonchev–Trinajstić information content (AvgIpc) is 1.70. The quantitative estimate of drug-likeness (QED) is 0.0256. The van der Waals surface area contributed by atoms with Crippen LogP contribution in [0.25, 0.3) is 0 Å². The van der Waals surface area contributed by atoms with Gasteiger partial charge in [-0.05, 0) is 127 Å². The molecule has 0 amide bonds. The number of hydrogen-bond donors (Lipinski definition) is 5. The number of anilines is 3. The summed E-state index contributed by atoms with van der Waals surface area (Å²) < 4.78 is 5.53. The van der Waals surface area contributed by atoms with Crippen molar-refractivity contribution in [1.29, 1.82) is 0 Å². The van der Waals surface area contributed by atoms with Crippen LogP contribution in [0.2, 0.25) is 0 Å². The number of rotatable bonds is 31. The molecule has 0 aliphatic carbocycles. The van der Waals surface area contributed by atoms with Gasteiger partial charge in [0.1, 0.15) is 16.5 Å². The first-order valence-electron chi connectivity index (χ1n) is 38.1. The minimum atomic E-state index is 0.0213. The lowest BCUT2D eigenvalue weighted by molar-refractivity contribution is -0.121. The van der Waals surface area contributed by atoms with Crippen LogP contribution in [0.1, 0.15) is 277 Å². The average molecular weight is 1490 g/mol. The van der Waals surface area contributed by atoms with Crippen molar-refractivity contribution in [3.05, 3.63) is 188 Å². The fourth-order valence-corrected chi connectivity index (χ4v) is 11.3. The van der Waals surface area contributed by atoms with Crippen LogP contribution in [0.5, 0.6) is 5.75 Å². The van der Waals surface area contributed by atoms with Gasteiger partial charge in [0.05, 0.1) is 18.0 Å². The molecule has 584 valence electrons. The number of carbonyl (C=O) groups is 7. The number of aromatic nitrogens is 2. The van der Waals surface area contributed by atoms with Crippen molar-refractivity contribution in [2.24, 2.45) is 47.3 Å². The van der Waals surface area contributed by atoms with Crippen molar-refractivity contribution in [3.8, 4) is 5.75 Å². The summed E-state index contributed by atoms with van der Waals surface area (Å²) in [6, 6.07) is 41.0. The number of carbonyl (C=O) groups excluding carboxylic acids is 7. The SMILES string of the molecule is CC(C)Cc1csc(C(=O)C(C)C)n1.CC(C)NCc1ccc(C(=O)C(C)C)cc1.CC(C)NCc1cccc(C(=O)C(C)C)c1.CC(C)Nc1ccc(CC(=O)C(C)C)cc1.CC(C)Nc1cccc(C(=O)C(C)C)c1.CC(C)Nc1cnc(C(=O)C(C)C)s1.CC(C)Oc1cccc(C(=O)C(C)C)c1. The van der Waals surface area contributed by atoms with Gasteiger partial charge in [-0.15, -0.1) is 11.3 Å². The van der Waals surface area contributed by atoms with Crippen LogP contribution >= 0.6 is 22.7 Å². The molecular weight excluding hydrogens is 1360 g/mol. The van der Waals surface area contributed by atoms with Crippen molar-refractivity contribution in [2.45, 2.75) is 256 Å². The van der Waals surface area contributed by atoms with Gasteiger partial charge in [0.25, 0.3) is 0 Å². The summed E-state index contributed by atoms with van der Waals surface area (Å²) in [5.41, 5.74) is 9.78.